The standard InChI is InChI=1S/C15H22N2O/c1-10-5-4-8-17(12(10)3)15(18)14-9-13(16)7-6-11(14)2/h6-7,9-10,12H,4-5,8,16H2,1-3H3. The van der Waals surface area contributed by atoms with Gasteiger partial charge in [-0.1, -0.05) is 13.0 Å². The van der Waals surface area contributed by atoms with Gasteiger partial charge in [-0.3, -0.25) is 4.79 Å². The number of piperidine rings is 1. The molecule has 18 heavy (non-hydrogen) atoms. The third-order valence-electron chi connectivity index (χ3n) is 4.13. The second kappa shape index (κ2) is 5.01. The predicted molar refractivity (Wildman–Crippen MR) is 74.5 cm³/mol. The Morgan fingerprint density at radius 2 is 2.11 bits per heavy atom. The number of nitrogens with two attached hydrogens (primary N) is 1. The number of carbonyl (C=O) groups is 1. The van der Waals surface area contributed by atoms with Crippen LogP contribution in [-0.2, 0) is 0 Å². The zero-order valence-electron chi connectivity index (χ0n) is 11.4. The fourth-order valence-corrected chi connectivity index (χ4v) is 2.65. The van der Waals surface area contributed by atoms with E-state index in [1.165, 1.54) is 6.42 Å². The SMILES string of the molecule is Cc1ccc(N)cc1C(=O)N1CCCC(C)C1C. The van der Waals surface area contributed by atoms with Crippen LogP contribution in [0.25, 0.3) is 0 Å². The van der Waals surface area contributed by atoms with E-state index >= 15 is 0 Å². The molecule has 2 rings (SSSR count). The number of carbonyl (C=O) groups excluding carboxylic acids is 1. The molecule has 0 bridgehead atoms. The molecule has 0 aromatic heterocycles. The van der Waals surface area contributed by atoms with Crippen LogP contribution in [0.15, 0.2) is 18.2 Å². The van der Waals surface area contributed by atoms with Gasteiger partial charge in [0, 0.05) is 23.8 Å². The van der Waals surface area contributed by atoms with Gasteiger partial charge in [0.25, 0.3) is 5.91 Å². The average Bonchev–Trinajstić information content (AvgIpc) is 2.35. The van der Waals surface area contributed by atoms with Crippen molar-refractivity contribution in [1.82, 2.24) is 4.90 Å². The van der Waals surface area contributed by atoms with Crippen molar-refractivity contribution in [3.8, 4) is 0 Å². The van der Waals surface area contributed by atoms with E-state index in [-0.39, 0.29) is 5.91 Å². The third-order valence-corrected chi connectivity index (χ3v) is 4.13. The normalized spacial score (nSPS) is 24.1. The lowest BCUT2D eigenvalue weighted by atomic mass is 9.91. The largest absolute Gasteiger partial charge is 0.399 e. The number of nitrogens with zero attached hydrogens (tertiary/aromatic N) is 1. The highest BCUT2D eigenvalue weighted by Gasteiger charge is 2.29. The summed E-state index contributed by atoms with van der Waals surface area (Å²) >= 11 is 0. The first-order chi connectivity index (χ1) is 8.50. The molecule has 1 saturated heterocycles. The number of benzene rings is 1. The first-order valence-corrected chi connectivity index (χ1v) is 6.68. The quantitative estimate of drug-likeness (QED) is 0.774. The first-order valence-electron chi connectivity index (χ1n) is 6.68. The molecule has 1 aromatic rings. The van der Waals surface area contributed by atoms with Gasteiger partial charge in [0.05, 0.1) is 0 Å². The first kappa shape index (κ1) is 12.9. The Kier molecular flexibility index (Phi) is 3.60. The van der Waals surface area contributed by atoms with Crippen LogP contribution >= 0.6 is 0 Å². The van der Waals surface area contributed by atoms with Crippen LogP contribution in [0.5, 0.6) is 0 Å². The molecule has 2 N–H and O–H groups in total. The minimum absolute atomic E-state index is 0.124. The summed E-state index contributed by atoms with van der Waals surface area (Å²) in [6.45, 7) is 7.18. The van der Waals surface area contributed by atoms with E-state index in [0.717, 1.165) is 24.1 Å². The topological polar surface area (TPSA) is 46.3 Å². The molecule has 1 aliphatic heterocycles. The fraction of sp³-hybridized carbons (Fsp3) is 0.533. The zero-order valence-corrected chi connectivity index (χ0v) is 11.4. The highest BCUT2D eigenvalue weighted by molar-refractivity contribution is 5.96. The zero-order chi connectivity index (χ0) is 13.3. The van der Waals surface area contributed by atoms with Gasteiger partial charge in [-0.15, -0.1) is 0 Å². The maximum Gasteiger partial charge on any atom is 0.254 e. The van der Waals surface area contributed by atoms with Crippen molar-refractivity contribution in [3.63, 3.8) is 0 Å². The van der Waals surface area contributed by atoms with Gasteiger partial charge < -0.3 is 10.6 Å². The lowest BCUT2D eigenvalue weighted by Crippen LogP contribution is -2.46. The summed E-state index contributed by atoms with van der Waals surface area (Å²) in [5.74, 6) is 0.697. The van der Waals surface area contributed by atoms with Crippen LogP contribution in [0.2, 0.25) is 0 Å². The minimum atomic E-state index is 0.124. The number of rotatable bonds is 1. The Morgan fingerprint density at radius 1 is 1.39 bits per heavy atom. The van der Waals surface area contributed by atoms with Gasteiger partial charge in [0.1, 0.15) is 0 Å². The number of hydrogen-bond donors (Lipinski definition) is 1. The highest BCUT2D eigenvalue weighted by atomic mass is 16.2. The molecule has 0 radical (unpaired) electrons. The van der Waals surface area contributed by atoms with Gasteiger partial charge in [-0.25, -0.2) is 0 Å². The van der Waals surface area contributed by atoms with Crippen molar-refractivity contribution >= 4 is 11.6 Å². The van der Waals surface area contributed by atoms with E-state index in [2.05, 4.69) is 13.8 Å². The smallest absolute Gasteiger partial charge is 0.254 e. The molecule has 3 heteroatoms. The molecule has 1 fully saturated rings. The van der Waals surface area contributed by atoms with Gasteiger partial charge in [-0.05, 0) is 50.3 Å². The Morgan fingerprint density at radius 3 is 2.83 bits per heavy atom. The molecule has 1 aromatic carbocycles. The molecule has 1 aliphatic rings. The van der Waals surface area contributed by atoms with Crippen LogP contribution in [0.4, 0.5) is 5.69 Å². The Hall–Kier alpha value is -1.51. The molecule has 2 unspecified atom stereocenters. The highest BCUT2D eigenvalue weighted by Crippen LogP contribution is 2.25. The van der Waals surface area contributed by atoms with Gasteiger partial charge in [0.2, 0.25) is 0 Å². The molecule has 1 heterocycles. The maximum absolute atomic E-state index is 12.6. The predicted octanol–water partition coefficient (Wildman–Crippen LogP) is 2.84. The number of amides is 1. The van der Waals surface area contributed by atoms with Gasteiger partial charge >= 0.3 is 0 Å². The summed E-state index contributed by atoms with van der Waals surface area (Å²) in [5.41, 5.74) is 8.19. The van der Waals surface area contributed by atoms with Gasteiger partial charge in [0.15, 0.2) is 0 Å². The molecule has 0 saturated carbocycles. The second-order valence-corrected chi connectivity index (χ2v) is 5.43. The maximum atomic E-state index is 12.6. The van der Waals surface area contributed by atoms with Crippen molar-refractivity contribution in [3.05, 3.63) is 29.3 Å². The van der Waals surface area contributed by atoms with Crippen LogP contribution in [0.3, 0.4) is 0 Å². The Balaban J connectivity index is 2.27. The summed E-state index contributed by atoms with van der Waals surface area (Å²) in [6, 6.07) is 5.87. The molecule has 98 valence electrons. The van der Waals surface area contributed by atoms with Crippen molar-refractivity contribution < 1.29 is 4.79 Å². The van der Waals surface area contributed by atoms with Crippen molar-refractivity contribution in [1.29, 1.82) is 0 Å². The van der Waals surface area contributed by atoms with Crippen molar-refractivity contribution in [2.24, 2.45) is 5.92 Å². The number of anilines is 1. The van der Waals surface area contributed by atoms with Crippen LogP contribution in [-0.4, -0.2) is 23.4 Å². The molecule has 2 atom stereocenters. The van der Waals surface area contributed by atoms with E-state index in [9.17, 15) is 4.79 Å². The molecule has 0 spiro atoms. The molecular formula is C15H22N2O. The van der Waals surface area contributed by atoms with E-state index in [1.54, 1.807) is 6.07 Å². The minimum Gasteiger partial charge on any atom is -0.399 e. The van der Waals surface area contributed by atoms with E-state index in [1.807, 2.05) is 24.0 Å². The van der Waals surface area contributed by atoms with Gasteiger partial charge in [-0.2, -0.15) is 0 Å². The van der Waals surface area contributed by atoms with Crippen molar-refractivity contribution in [2.45, 2.75) is 39.7 Å². The van der Waals surface area contributed by atoms with Crippen LogP contribution in [0, 0.1) is 12.8 Å². The average molecular weight is 246 g/mol. The Labute approximate surface area is 109 Å². The lowest BCUT2D eigenvalue weighted by molar-refractivity contribution is 0.0550. The van der Waals surface area contributed by atoms with E-state index in [4.69, 9.17) is 5.73 Å². The molecule has 0 aliphatic carbocycles. The summed E-state index contributed by atoms with van der Waals surface area (Å²) in [5, 5.41) is 0. The third kappa shape index (κ3) is 2.35. The molecule has 1 amide bonds. The molecule has 3 nitrogen and oxygen atoms in total. The van der Waals surface area contributed by atoms with E-state index < -0.39 is 0 Å². The van der Waals surface area contributed by atoms with E-state index in [0.29, 0.717) is 17.6 Å². The number of aryl methyl sites for hydroxylation is 1. The second-order valence-electron chi connectivity index (χ2n) is 5.43. The van der Waals surface area contributed by atoms with Crippen LogP contribution in [0.1, 0.15) is 42.6 Å². The number of nitrogen functional groups attached to an aromatic ring is 1. The Bertz CT molecular complexity index is 456. The summed E-state index contributed by atoms with van der Waals surface area (Å²) in [4.78, 5) is 14.6. The lowest BCUT2D eigenvalue weighted by Gasteiger charge is -2.38. The van der Waals surface area contributed by atoms with Crippen LogP contribution < -0.4 is 5.73 Å². The monoisotopic (exact) mass is 246 g/mol. The number of likely N-dealkylation sites (tertiary alicyclic amines) is 1. The number of hydrogen-bond acceptors (Lipinski definition) is 2. The fourth-order valence-electron chi connectivity index (χ4n) is 2.65. The molecular weight excluding hydrogens is 224 g/mol. The summed E-state index contributed by atoms with van der Waals surface area (Å²) in [7, 11) is 0. The summed E-state index contributed by atoms with van der Waals surface area (Å²) in [6.07, 6.45) is 2.31. The summed E-state index contributed by atoms with van der Waals surface area (Å²) < 4.78 is 0. The van der Waals surface area contributed by atoms with Crippen molar-refractivity contribution in [2.75, 3.05) is 12.3 Å².